The summed E-state index contributed by atoms with van der Waals surface area (Å²) >= 11 is 1.21. The van der Waals surface area contributed by atoms with Gasteiger partial charge in [-0.3, -0.25) is 4.79 Å². The Morgan fingerprint density at radius 1 is 1.36 bits per heavy atom. The maximum atomic E-state index is 12.5. The summed E-state index contributed by atoms with van der Waals surface area (Å²) in [6, 6.07) is 2.23. The first kappa shape index (κ1) is 19.0. The van der Waals surface area contributed by atoms with Crippen LogP contribution in [0.5, 0.6) is 0 Å². The molecular weight excluding hydrogens is 378 g/mol. The summed E-state index contributed by atoms with van der Waals surface area (Å²) in [4.78, 5) is 12.5. The van der Waals surface area contributed by atoms with Gasteiger partial charge in [0.25, 0.3) is 5.22 Å². The highest BCUT2D eigenvalue weighted by Gasteiger charge is 2.29. The first-order valence-electron chi connectivity index (χ1n) is 9.54. The molecule has 1 saturated heterocycles. The van der Waals surface area contributed by atoms with E-state index < -0.39 is 0 Å². The van der Waals surface area contributed by atoms with Crippen LogP contribution in [0.15, 0.2) is 9.64 Å². The second-order valence-electron chi connectivity index (χ2n) is 7.31. The van der Waals surface area contributed by atoms with Gasteiger partial charge in [0.2, 0.25) is 11.8 Å². The molecule has 9 heteroatoms. The standard InChI is InChI=1S/C19H23N5O3S/c1-11-12(2)24(9-14-4-3-7-26-14)17(15(11)8-20)21-16(25)10-28-19-23-22-18(27-19)13-5-6-13/h13-14H,3-7,9-10H2,1-2H3,(H,21,25). The van der Waals surface area contributed by atoms with Crippen LogP contribution in [0.3, 0.4) is 0 Å². The fourth-order valence-corrected chi connectivity index (χ4v) is 3.99. The van der Waals surface area contributed by atoms with Gasteiger partial charge in [0.05, 0.1) is 24.0 Å². The molecule has 4 rings (SSSR count). The molecule has 2 aliphatic rings. The van der Waals surface area contributed by atoms with Gasteiger partial charge >= 0.3 is 0 Å². The summed E-state index contributed by atoms with van der Waals surface area (Å²) in [5.41, 5.74) is 2.36. The first-order chi connectivity index (χ1) is 13.6. The number of nitrogens with one attached hydrogen (secondary N) is 1. The second-order valence-corrected chi connectivity index (χ2v) is 8.24. The van der Waals surface area contributed by atoms with Crippen molar-refractivity contribution < 1.29 is 13.9 Å². The summed E-state index contributed by atoms with van der Waals surface area (Å²) < 4.78 is 13.3. The summed E-state index contributed by atoms with van der Waals surface area (Å²) in [6.07, 6.45) is 4.32. The number of aromatic nitrogens is 3. The Morgan fingerprint density at radius 3 is 2.86 bits per heavy atom. The number of anilines is 1. The summed E-state index contributed by atoms with van der Waals surface area (Å²) in [7, 11) is 0. The van der Waals surface area contributed by atoms with Crippen LogP contribution in [0.1, 0.15) is 54.3 Å². The lowest BCUT2D eigenvalue weighted by Gasteiger charge is -2.16. The van der Waals surface area contributed by atoms with Crippen LogP contribution in [0.4, 0.5) is 5.82 Å². The van der Waals surface area contributed by atoms with E-state index in [0.717, 1.165) is 43.5 Å². The normalized spacial score (nSPS) is 19.0. The van der Waals surface area contributed by atoms with E-state index in [1.807, 2.05) is 18.4 Å². The molecule has 3 heterocycles. The summed E-state index contributed by atoms with van der Waals surface area (Å²) in [6.45, 7) is 5.27. The molecule has 1 saturated carbocycles. The van der Waals surface area contributed by atoms with Gasteiger partial charge in [-0.1, -0.05) is 11.8 Å². The Labute approximate surface area is 167 Å². The topological polar surface area (TPSA) is 106 Å². The number of ether oxygens (including phenoxy) is 1. The number of rotatable bonds is 7. The van der Waals surface area contributed by atoms with Crippen molar-refractivity contribution in [3.05, 3.63) is 22.7 Å². The van der Waals surface area contributed by atoms with Crippen molar-refractivity contribution in [1.29, 1.82) is 5.26 Å². The lowest BCUT2D eigenvalue weighted by atomic mass is 10.2. The number of carbonyl (C=O) groups is 1. The molecule has 2 aromatic heterocycles. The Bertz CT molecular complexity index is 919. The van der Waals surface area contributed by atoms with E-state index in [4.69, 9.17) is 9.15 Å². The molecule has 1 amide bonds. The first-order valence-corrected chi connectivity index (χ1v) is 10.5. The highest BCUT2D eigenvalue weighted by atomic mass is 32.2. The van der Waals surface area contributed by atoms with Gasteiger partial charge in [0, 0.05) is 18.2 Å². The molecule has 1 unspecified atom stereocenters. The predicted octanol–water partition coefficient (Wildman–Crippen LogP) is 3.15. The number of hydrogen-bond acceptors (Lipinski definition) is 7. The van der Waals surface area contributed by atoms with Crippen molar-refractivity contribution >= 4 is 23.5 Å². The van der Waals surface area contributed by atoms with Crippen LogP contribution < -0.4 is 5.32 Å². The number of amides is 1. The Morgan fingerprint density at radius 2 is 2.18 bits per heavy atom. The molecule has 2 aromatic rings. The molecular formula is C19H23N5O3S. The molecule has 148 valence electrons. The highest BCUT2D eigenvalue weighted by molar-refractivity contribution is 7.99. The van der Waals surface area contributed by atoms with Crippen molar-refractivity contribution in [3.63, 3.8) is 0 Å². The zero-order chi connectivity index (χ0) is 19.7. The molecule has 0 radical (unpaired) electrons. The molecule has 8 nitrogen and oxygen atoms in total. The monoisotopic (exact) mass is 401 g/mol. The smallest absolute Gasteiger partial charge is 0.277 e. The highest BCUT2D eigenvalue weighted by Crippen LogP contribution is 2.39. The molecule has 1 aliphatic heterocycles. The quantitative estimate of drug-likeness (QED) is 0.710. The molecule has 0 spiro atoms. The molecule has 1 aliphatic carbocycles. The van der Waals surface area contributed by atoms with Crippen molar-refractivity contribution in [2.75, 3.05) is 17.7 Å². The third-order valence-corrected chi connectivity index (χ3v) is 6.10. The van der Waals surface area contributed by atoms with Gasteiger partial charge in [-0.05, 0) is 45.1 Å². The van der Waals surface area contributed by atoms with E-state index in [-0.39, 0.29) is 17.8 Å². The van der Waals surface area contributed by atoms with Crippen molar-refractivity contribution in [2.45, 2.75) is 63.3 Å². The maximum Gasteiger partial charge on any atom is 0.277 e. The van der Waals surface area contributed by atoms with Gasteiger partial charge in [-0.25, -0.2) is 0 Å². The summed E-state index contributed by atoms with van der Waals surface area (Å²) in [5.74, 6) is 1.52. The molecule has 28 heavy (non-hydrogen) atoms. The SMILES string of the molecule is Cc1c(C#N)c(NC(=O)CSc2nnc(C3CC3)o2)n(CC2CCCO2)c1C. The molecule has 1 atom stereocenters. The van der Waals surface area contributed by atoms with Crippen LogP contribution >= 0.6 is 11.8 Å². The van der Waals surface area contributed by atoms with Crippen molar-refractivity contribution in [3.8, 4) is 6.07 Å². The van der Waals surface area contributed by atoms with E-state index in [9.17, 15) is 10.1 Å². The zero-order valence-corrected chi connectivity index (χ0v) is 16.8. The number of carbonyl (C=O) groups excluding carboxylic acids is 1. The number of nitrogens with zero attached hydrogens (tertiary/aromatic N) is 4. The maximum absolute atomic E-state index is 12.5. The molecule has 1 N–H and O–H groups in total. The minimum atomic E-state index is -0.209. The van der Waals surface area contributed by atoms with Crippen molar-refractivity contribution in [1.82, 2.24) is 14.8 Å². The fourth-order valence-electron chi connectivity index (χ4n) is 3.42. The van der Waals surface area contributed by atoms with Crippen LogP contribution in [-0.2, 0) is 16.1 Å². The number of thioether (sulfide) groups is 1. The van der Waals surface area contributed by atoms with E-state index in [2.05, 4.69) is 21.6 Å². The Kier molecular flexibility index (Phi) is 5.42. The van der Waals surface area contributed by atoms with Gasteiger partial charge in [-0.15, -0.1) is 10.2 Å². The van der Waals surface area contributed by atoms with Gasteiger partial charge in [-0.2, -0.15) is 5.26 Å². The van der Waals surface area contributed by atoms with Crippen LogP contribution in [0.25, 0.3) is 0 Å². The average molecular weight is 401 g/mol. The van der Waals surface area contributed by atoms with E-state index in [1.165, 1.54) is 11.8 Å². The molecule has 2 fully saturated rings. The lowest BCUT2D eigenvalue weighted by Crippen LogP contribution is -2.22. The van der Waals surface area contributed by atoms with Gasteiger partial charge in [0.15, 0.2) is 0 Å². The van der Waals surface area contributed by atoms with Crippen molar-refractivity contribution in [2.24, 2.45) is 0 Å². The van der Waals surface area contributed by atoms with Crippen LogP contribution in [0.2, 0.25) is 0 Å². The third kappa shape index (κ3) is 3.93. The minimum Gasteiger partial charge on any atom is -0.416 e. The molecule has 0 bridgehead atoms. The van der Waals surface area contributed by atoms with E-state index in [0.29, 0.717) is 35.0 Å². The Balaban J connectivity index is 1.45. The van der Waals surface area contributed by atoms with Crippen LogP contribution in [-0.4, -0.2) is 39.1 Å². The van der Waals surface area contributed by atoms with Gasteiger partial charge in [0.1, 0.15) is 11.9 Å². The van der Waals surface area contributed by atoms with E-state index in [1.54, 1.807) is 0 Å². The average Bonchev–Trinajstić information content (AvgIpc) is 3.13. The Hall–Kier alpha value is -2.31. The number of hydrogen-bond donors (Lipinski definition) is 1. The molecule has 0 aromatic carbocycles. The minimum absolute atomic E-state index is 0.112. The second kappa shape index (κ2) is 7.97. The summed E-state index contributed by atoms with van der Waals surface area (Å²) in [5, 5.41) is 20.9. The number of nitriles is 1. The largest absolute Gasteiger partial charge is 0.416 e. The third-order valence-electron chi connectivity index (χ3n) is 5.28. The van der Waals surface area contributed by atoms with Gasteiger partial charge < -0.3 is 19.0 Å². The zero-order valence-electron chi connectivity index (χ0n) is 16.0. The lowest BCUT2D eigenvalue weighted by molar-refractivity contribution is -0.113. The van der Waals surface area contributed by atoms with E-state index >= 15 is 0 Å². The fraction of sp³-hybridized carbons (Fsp3) is 0.579. The predicted molar refractivity (Wildman–Crippen MR) is 103 cm³/mol. The van der Waals surface area contributed by atoms with Crippen LogP contribution in [0, 0.1) is 25.2 Å².